The van der Waals surface area contributed by atoms with Crippen molar-refractivity contribution in [3.8, 4) is 11.6 Å². The molecule has 0 aliphatic rings. The van der Waals surface area contributed by atoms with Crippen LogP contribution in [0.1, 0.15) is 29.7 Å². The number of carbonyl (C=O) groups excluding carboxylic acids is 1. The minimum absolute atomic E-state index is 0.0281. The maximum Gasteiger partial charge on any atom is 0.265 e. The molecule has 0 aliphatic heterocycles. The second-order valence-corrected chi connectivity index (χ2v) is 8.58. The summed E-state index contributed by atoms with van der Waals surface area (Å²) in [6, 6.07) is 28.3. The van der Waals surface area contributed by atoms with Crippen molar-refractivity contribution in [2.24, 2.45) is 0 Å². The molecule has 0 saturated heterocycles. The zero-order chi connectivity index (χ0) is 23.9. The van der Waals surface area contributed by atoms with Crippen LogP contribution in [0.4, 0.5) is 0 Å². The number of carbonyl (C=O) groups is 1. The van der Waals surface area contributed by atoms with Crippen molar-refractivity contribution in [3.05, 3.63) is 118 Å². The summed E-state index contributed by atoms with van der Waals surface area (Å²) in [5.41, 5.74) is 2.47. The number of hydrogen-bond acceptors (Lipinski definition) is 5. The molecule has 0 spiro atoms. The van der Waals surface area contributed by atoms with E-state index in [-0.39, 0.29) is 39.9 Å². The van der Waals surface area contributed by atoms with Crippen molar-refractivity contribution in [3.63, 3.8) is 0 Å². The Hall–Kier alpha value is -3.84. The number of nitrogens with one attached hydrogen (secondary N) is 1. The molecular weight excluding hydrogens is 446 g/mol. The molecule has 0 atom stereocenters. The third-order valence-electron chi connectivity index (χ3n) is 5.40. The Morgan fingerprint density at radius 1 is 0.941 bits per heavy atom. The van der Waals surface area contributed by atoms with E-state index in [0.29, 0.717) is 12.1 Å². The zero-order valence-corrected chi connectivity index (χ0v) is 19.5. The lowest BCUT2D eigenvalue weighted by atomic mass is 9.99. The molecule has 3 aromatic carbocycles. The highest BCUT2D eigenvalue weighted by molar-refractivity contribution is 7.99. The Kier molecular flexibility index (Phi) is 7.44. The standard InChI is InChI=1S/C27H25N3O3S/c1-2-22-25(32)29-27(30(26(22)33)21-16-10-5-11-17-21)34-18-23(31)28-24(19-12-6-3-7-13-19)20-14-8-4-9-15-20/h3-17,24,32H,2,18H2,1H3,(H,28,31). The van der Waals surface area contributed by atoms with Crippen LogP contribution < -0.4 is 10.9 Å². The van der Waals surface area contributed by atoms with Crippen LogP contribution in [0.25, 0.3) is 5.69 Å². The third-order valence-corrected chi connectivity index (χ3v) is 6.33. The maximum absolute atomic E-state index is 13.1. The number of aromatic hydroxyl groups is 1. The smallest absolute Gasteiger partial charge is 0.265 e. The van der Waals surface area contributed by atoms with Crippen LogP contribution in [0, 0.1) is 0 Å². The van der Waals surface area contributed by atoms with Gasteiger partial charge in [0, 0.05) is 0 Å². The summed E-state index contributed by atoms with van der Waals surface area (Å²) in [5, 5.41) is 13.7. The average Bonchev–Trinajstić information content (AvgIpc) is 2.87. The van der Waals surface area contributed by atoms with E-state index < -0.39 is 0 Å². The predicted octanol–water partition coefficient (Wildman–Crippen LogP) is 4.50. The molecule has 0 fully saturated rings. The summed E-state index contributed by atoms with van der Waals surface area (Å²) < 4.78 is 1.45. The van der Waals surface area contributed by atoms with Crippen LogP contribution in [0.5, 0.6) is 5.88 Å². The third kappa shape index (κ3) is 5.21. The van der Waals surface area contributed by atoms with Crippen molar-refractivity contribution in [1.29, 1.82) is 0 Å². The van der Waals surface area contributed by atoms with Gasteiger partial charge in [-0.25, -0.2) is 0 Å². The van der Waals surface area contributed by atoms with Gasteiger partial charge in [-0.05, 0) is 29.7 Å². The molecule has 0 saturated carbocycles. The molecule has 0 bridgehead atoms. The first-order valence-electron chi connectivity index (χ1n) is 11.0. The van der Waals surface area contributed by atoms with Crippen LogP contribution >= 0.6 is 11.8 Å². The maximum atomic E-state index is 13.1. The topological polar surface area (TPSA) is 84.2 Å². The lowest BCUT2D eigenvalue weighted by molar-refractivity contribution is -0.119. The highest BCUT2D eigenvalue weighted by atomic mass is 32.2. The van der Waals surface area contributed by atoms with Gasteiger partial charge >= 0.3 is 0 Å². The van der Waals surface area contributed by atoms with Gasteiger partial charge in [-0.15, -0.1) is 0 Å². The largest absolute Gasteiger partial charge is 0.493 e. The van der Waals surface area contributed by atoms with Gasteiger partial charge in [0.15, 0.2) is 5.16 Å². The Morgan fingerprint density at radius 2 is 1.47 bits per heavy atom. The number of hydrogen-bond donors (Lipinski definition) is 2. The molecule has 0 unspecified atom stereocenters. The normalized spacial score (nSPS) is 10.9. The van der Waals surface area contributed by atoms with E-state index in [1.807, 2.05) is 78.9 Å². The molecule has 4 aromatic rings. The van der Waals surface area contributed by atoms with Crippen LogP contribution in [0.15, 0.2) is 101 Å². The number of benzene rings is 3. The van der Waals surface area contributed by atoms with Crippen LogP contribution in [0.3, 0.4) is 0 Å². The van der Waals surface area contributed by atoms with Gasteiger partial charge in [-0.2, -0.15) is 4.98 Å². The number of aromatic nitrogens is 2. The summed E-state index contributed by atoms with van der Waals surface area (Å²) in [6.07, 6.45) is 0.353. The molecule has 0 radical (unpaired) electrons. The zero-order valence-electron chi connectivity index (χ0n) is 18.7. The summed E-state index contributed by atoms with van der Waals surface area (Å²) in [7, 11) is 0. The van der Waals surface area contributed by atoms with Crippen molar-refractivity contribution in [2.45, 2.75) is 24.5 Å². The van der Waals surface area contributed by atoms with E-state index in [4.69, 9.17) is 0 Å². The molecule has 1 aromatic heterocycles. The number of amides is 1. The first-order chi connectivity index (χ1) is 16.6. The number of thioether (sulfide) groups is 1. The fourth-order valence-corrected chi connectivity index (χ4v) is 4.53. The molecular formula is C27H25N3O3S. The van der Waals surface area contributed by atoms with Gasteiger partial charge in [0.05, 0.1) is 23.0 Å². The molecule has 1 heterocycles. The van der Waals surface area contributed by atoms with Gasteiger partial charge in [0.2, 0.25) is 11.8 Å². The minimum atomic E-state index is -0.337. The Morgan fingerprint density at radius 3 is 2.00 bits per heavy atom. The van der Waals surface area contributed by atoms with Crippen molar-refractivity contribution >= 4 is 17.7 Å². The molecule has 4 rings (SSSR count). The molecule has 1 amide bonds. The summed E-state index contributed by atoms with van der Waals surface area (Å²) >= 11 is 1.11. The summed E-state index contributed by atoms with van der Waals surface area (Å²) in [5.74, 6) is -0.481. The van der Waals surface area contributed by atoms with E-state index in [2.05, 4.69) is 10.3 Å². The fraction of sp³-hybridized carbons (Fsp3) is 0.148. The van der Waals surface area contributed by atoms with Gasteiger partial charge in [-0.1, -0.05) is 97.5 Å². The van der Waals surface area contributed by atoms with Gasteiger partial charge < -0.3 is 10.4 Å². The molecule has 7 heteroatoms. The lowest BCUT2D eigenvalue weighted by Crippen LogP contribution is -2.31. The monoisotopic (exact) mass is 471 g/mol. The second kappa shape index (κ2) is 10.9. The van der Waals surface area contributed by atoms with Crippen LogP contribution in [0.2, 0.25) is 0 Å². The number of nitrogens with zero attached hydrogens (tertiary/aromatic N) is 2. The Bertz CT molecular complexity index is 1270. The molecule has 34 heavy (non-hydrogen) atoms. The fourth-order valence-electron chi connectivity index (χ4n) is 3.72. The van der Waals surface area contributed by atoms with E-state index in [1.54, 1.807) is 19.1 Å². The first kappa shape index (κ1) is 23.3. The highest BCUT2D eigenvalue weighted by Crippen LogP contribution is 2.25. The first-order valence-corrected chi connectivity index (χ1v) is 12.0. The van der Waals surface area contributed by atoms with Crippen molar-refractivity contribution in [1.82, 2.24) is 14.9 Å². The Labute approximate surface area is 202 Å². The lowest BCUT2D eigenvalue weighted by Gasteiger charge is -2.20. The summed E-state index contributed by atoms with van der Waals surface area (Å²) in [4.78, 5) is 30.3. The van der Waals surface area contributed by atoms with Crippen LogP contribution in [-0.2, 0) is 11.2 Å². The average molecular weight is 472 g/mol. The molecule has 172 valence electrons. The minimum Gasteiger partial charge on any atom is -0.493 e. The van der Waals surface area contributed by atoms with Gasteiger partial charge in [0.25, 0.3) is 5.56 Å². The SMILES string of the molecule is CCc1c(O)nc(SCC(=O)NC(c2ccccc2)c2ccccc2)n(-c2ccccc2)c1=O. The molecule has 0 aliphatic carbocycles. The van der Waals surface area contributed by atoms with E-state index in [9.17, 15) is 14.7 Å². The summed E-state index contributed by atoms with van der Waals surface area (Å²) in [6.45, 7) is 1.79. The van der Waals surface area contributed by atoms with Crippen LogP contribution in [-0.4, -0.2) is 26.3 Å². The Balaban J connectivity index is 1.59. The number of rotatable bonds is 8. The van der Waals surface area contributed by atoms with E-state index in [0.717, 1.165) is 22.9 Å². The highest BCUT2D eigenvalue weighted by Gasteiger charge is 2.20. The van der Waals surface area contributed by atoms with Gasteiger partial charge in [0.1, 0.15) is 0 Å². The quantitative estimate of drug-likeness (QED) is 0.292. The van der Waals surface area contributed by atoms with Crippen molar-refractivity contribution in [2.75, 3.05) is 5.75 Å². The predicted molar refractivity (Wildman–Crippen MR) is 134 cm³/mol. The van der Waals surface area contributed by atoms with Gasteiger partial charge in [-0.3, -0.25) is 14.2 Å². The van der Waals surface area contributed by atoms with E-state index in [1.165, 1.54) is 4.57 Å². The molecule has 6 nitrogen and oxygen atoms in total. The second-order valence-electron chi connectivity index (χ2n) is 7.64. The number of para-hydroxylation sites is 1. The molecule has 2 N–H and O–H groups in total. The van der Waals surface area contributed by atoms with E-state index >= 15 is 0 Å². The van der Waals surface area contributed by atoms with Crippen molar-refractivity contribution < 1.29 is 9.90 Å².